The first-order chi connectivity index (χ1) is 28.0. The maximum atomic E-state index is 12.5. The van der Waals surface area contributed by atoms with E-state index in [0.717, 1.165) is 25.7 Å². The van der Waals surface area contributed by atoms with Gasteiger partial charge in [0, 0.05) is 0 Å². The van der Waals surface area contributed by atoms with E-state index in [1.807, 2.05) is 6.08 Å². The summed E-state index contributed by atoms with van der Waals surface area (Å²) in [5.41, 5.74) is 0. The summed E-state index contributed by atoms with van der Waals surface area (Å²) in [6.07, 6.45) is 58.1. The van der Waals surface area contributed by atoms with Crippen LogP contribution in [0.1, 0.15) is 290 Å². The molecular weight excluding hydrogens is 703 g/mol. The molecule has 0 saturated heterocycles. The van der Waals surface area contributed by atoms with Crippen molar-refractivity contribution in [1.82, 2.24) is 5.32 Å². The summed E-state index contributed by atoms with van der Waals surface area (Å²) in [6, 6.07) is -0.740. The van der Waals surface area contributed by atoms with Crippen LogP contribution in [0.15, 0.2) is 12.2 Å². The zero-order chi connectivity index (χ0) is 41.5. The lowest BCUT2D eigenvalue weighted by Gasteiger charge is -2.21. The third kappa shape index (κ3) is 44.5. The van der Waals surface area contributed by atoms with E-state index in [1.165, 1.54) is 238 Å². The quantitative estimate of drug-likeness (QED) is 0.0364. The molecule has 0 spiro atoms. The molecule has 4 N–H and O–H groups in total. The molecule has 0 rings (SSSR count). The first-order valence-corrected chi connectivity index (χ1v) is 26.0. The first-order valence-electron chi connectivity index (χ1n) is 26.0. The van der Waals surface area contributed by atoms with Crippen LogP contribution < -0.4 is 5.32 Å². The van der Waals surface area contributed by atoms with Gasteiger partial charge in [0.1, 0.15) is 0 Å². The smallest absolute Gasteiger partial charge is 0.222 e. The van der Waals surface area contributed by atoms with Crippen LogP contribution >= 0.6 is 0 Å². The molecule has 5 nitrogen and oxygen atoms in total. The highest BCUT2D eigenvalue weighted by Gasteiger charge is 2.20. The van der Waals surface area contributed by atoms with Crippen LogP contribution in [0.3, 0.4) is 0 Å². The van der Waals surface area contributed by atoms with E-state index in [0.29, 0.717) is 6.42 Å². The van der Waals surface area contributed by atoms with Gasteiger partial charge in [-0.3, -0.25) is 4.79 Å². The molecule has 57 heavy (non-hydrogen) atoms. The maximum Gasteiger partial charge on any atom is 0.222 e. The Bertz CT molecular complexity index is 803. The highest BCUT2D eigenvalue weighted by molar-refractivity contribution is 5.76. The van der Waals surface area contributed by atoms with Crippen LogP contribution in [-0.2, 0) is 4.79 Å². The van der Waals surface area contributed by atoms with Gasteiger partial charge in [0.15, 0.2) is 0 Å². The summed E-state index contributed by atoms with van der Waals surface area (Å²) in [7, 11) is 0. The third-order valence-corrected chi connectivity index (χ3v) is 12.3. The average molecular weight is 806 g/mol. The van der Waals surface area contributed by atoms with E-state index >= 15 is 0 Å². The standard InChI is InChI=1S/C52H103NO4/c1-3-5-7-9-11-13-15-17-19-21-22-23-24-25-26-27-28-29-30-31-33-35-37-39-41-43-45-49(55)47-52(57)53-50(48-54)51(56)46-44-42-40-38-36-34-32-20-18-16-14-12-10-8-6-4-2/h44,46,49-51,54-56H,3-43,45,47-48H2,1-2H3,(H,53,57)/b46-44+. The van der Waals surface area contributed by atoms with Crippen molar-refractivity contribution in [3.8, 4) is 0 Å². The number of carbonyl (C=O) groups excluding carboxylic acids is 1. The van der Waals surface area contributed by atoms with E-state index in [4.69, 9.17) is 0 Å². The van der Waals surface area contributed by atoms with Gasteiger partial charge in [-0.05, 0) is 19.3 Å². The van der Waals surface area contributed by atoms with Gasteiger partial charge in [0.25, 0.3) is 0 Å². The van der Waals surface area contributed by atoms with Crippen LogP contribution in [0.4, 0.5) is 0 Å². The number of unbranched alkanes of at least 4 members (excludes halogenated alkanes) is 39. The Morgan fingerprint density at radius 2 is 0.719 bits per heavy atom. The number of rotatable bonds is 48. The molecule has 0 aromatic carbocycles. The highest BCUT2D eigenvalue weighted by atomic mass is 16.3. The molecule has 0 aliphatic rings. The van der Waals surface area contributed by atoms with E-state index in [9.17, 15) is 20.1 Å². The molecule has 0 aliphatic heterocycles. The predicted octanol–water partition coefficient (Wildman–Crippen LogP) is 15.6. The van der Waals surface area contributed by atoms with Crippen molar-refractivity contribution in [3.63, 3.8) is 0 Å². The summed E-state index contributed by atoms with van der Waals surface area (Å²) in [5, 5.41) is 33.4. The second kappa shape index (κ2) is 47.8. The molecule has 0 aromatic heterocycles. The van der Waals surface area contributed by atoms with Gasteiger partial charge < -0.3 is 20.6 Å². The summed E-state index contributed by atoms with van der Waals surface area (Å²) in [4.78, 5) is 12.5. The van der Waals surface area contributed by atoms with Gasteiger partial charge in [0.2, 0.25) is 5.91 Å². The Balaban J connectivity index is 3.53. The minimum atomic E-state index is -0.925. The monoisotopic (exact) mass is 806 g/mol. The fourth-order valence-corrected chi connectivity index (χ4v) is 8.34. The highest BCUT2D eigenvalue weighted by Crippen LogP contribution is 2.18. The third-order valence-electron chi connectivity index (χ3n) is 12.3. The second-order valence-corrected chi connectivity index (χ2v) is 18.1. The van der Waals surface area contributed by atoms with Crippen LogP contribution in [-0.4, -0.2) is 46.1 Å². The van der Waals surface area contributed by atoms with Crippen LogP contribution in [0.25, 0.3) is 0 Å². The van der Waals surface area contributed by atoms with E-state index in [2.05, 4.69) is 19.2 Å². The molecule has 3 atom stereocenters. The minimum Gasteiger partial charge on any atom is -0.394 e. The summed E-state index contributed by atoms with van der Waals surface area (Å²) in [6.45, 7) is 4.24. The molecule has 3 unspecified atom stereocenters. The second-order valence-electron chi connectivity index (χ2n) is 18.1. The molecule has 1 amide bonds. The van der Waals surface area contributed by atoms with Crippen molar-refractivity contribution in [3.05, 3.63) is 12.2 Å². The zero-order valence-electron chi connectivity index (χ0n) is 38.7. The van der Waals surface area contributed by atoms with E-state index in [-0.39, 0.29) is 18.9 Å². The lowest BCUT2D eigenvalue weighted by Crippen LogP contribution is -2.45. The lowest BCUT2D eigenvalue weighted by molar-refractivity contribution is -0.124. The normalized spacial score (nSPS) is 13.4. The average Bonchev–Trinajstić information content (AvgIpc) is 3.20. The Labute approximate surface area is 357 Å². The number of hydrogen-bond donors (Lipinski definition) is 4. The Kier molecular flexibility index (Phi) is 47.0. The molecule has 0 heterocycles. The molecule has 0 bridgehead atoms. The number of carbonyl (C=O) groups is 1. The largest absolute Gasteiger partial charge is 0.394 e. The van der Waals surface area contributed by atoms with Crippen molar-refractivity contribution in [2.45, 2.75) is 308 Å². The van der Waals surface area contributed by atoms with E-state index < -0.39 is 18.2 Å². The van der Waals surface area contributed by atoms with Gasteiger partial charge in [-0.15, -0.1) is 0 Å². The van der Waals surface area contributed by atoms with Crippen LogP contribution in [0.2, 0.25) is 0 Å². The number of hydrogen-bond acceptors (Lipinski definition) is 4. The Morgan fingerprint density at radius 1 is 0.439 bits per heavy atom. The summed E-state index contributed by atoms with van der Waals surface area (Å²) >= 11 is 0. The lowest BCUT2D eigenvalue weighted by atomic mass is 10.0. The van der Waals surface area contributed by atoms with Gasteiger partial charge >= 0.3 is 0 Å². The number of allylic oxidation sites excluding steroid dienone is 1. The molecule has 0 aliphatic carbocycles. The van der Waals surface area contributed by atoms with Crippen molar-refractivity contribution in [2.75, 3.05) is 6.61 Å². The van der Waals surface area contributed by atoms with Gasteiger partial charge in [-0.1, -0.05) is 276 Å². The summed E-state index contributed by atoms with van der Waals surface area (Å²) in [5.74, 6) is -0.309. The predicted molar refractivity (Wildman–Crippen MR) is 250 cm³/mol. The van der Waals surface area contributed by atoms with Crippen molar-refractivity contribution in [1.29, 1.82) is 0 Å². The van der Waals surface area contributed by atoms with Crippen molar-refractivity contribution >= 4 is 5.91 Å². The molecule has 0 aromatic rings. The topological polar surface area (TPSA) is 89.8 Å². The van der Waals surface area contributed by atoms with Gasteiger partial charge in [0.05, 0.1) is 31.3 Å². The SMILES string of the molecule is CCCCCCCCCCCCCCCC/C=C/C(O)C(CO)NC(=O)CC(O)CCCCCCCCCCCCCCCCCCCCCCCCCCCC. The molecule has 0 radical (unpaired) electrons. The van der Waals surface area contributed by atoms with Crippen LogP contribution in [0.5, 0.6) is 0 Å². The van der Waals surface area contributed by atoms with Crippen molar-refractivity contribution < 1.29 is 20.1 Å². The van der Waals surface area contributed by atoms with Crippen LogP contribution in [0, 0.1) is 0 Å². The Morgan fingerprint density at radius 3 is 1.02 bits per heavy atom. The fraction of sp³-hybridized carbons (Fsp3) is 0.942. The zero-order valence-corrected chi connectivity index (χ0v) is 38.7. The van der Waals surface area contributed by atoms with Gasteiger partial charge in [-0.2, -0.15) is 0 Å². The molecule has 0 fully saturated rings. The molecule has 5 heteroatoms. The van der Waals surface area contributed by atoms with E-state index in [1.54, 1.807) is 6.08 Å². The number of aliphatic hydroxyl groups excluding tert-OH is 3. The summed E-state index contributed by atoms with van der Waals surface area (Å²) < 4.78 is 0. The number of aliphatic hydroxyl groups is 3. The van der Waals surface area contributed by atoms with Crippen molar-refractivity contribution in [2.24, 2.45) is 0 Å². The number of nitrogens with one attached hydrogen (secondary N) is 1. The number of amides is 1. The minimum absolute atomic E-state index is 0.0193. The maximum absolute atomic E-state index is 12.5. The Hall–Kier alpha value is -0.910. The molecule has 0 saturated carbocycles. The first kappa shape index (κ1) is 56.1. The molecular formula is C52H103NO4. The molecule has 340 valence electrons. The van der Waals surface area contributed by atoms with Gasteiger partial charge in [-0.25, -0.2) is 0 Å². The fourth-order valence-electron chi connectivity index (χ4n) is 8.34.